The second-order valence-electron chi connectivity index (χ2n) is 10.0. The summed E-state index contributed by atoms with van der Waals surface area (Å²) in [4.78, 5) is 0. The maximum absolute atomic E-state index is 9.94. The Morgan fingerprint density at radius 2 is 1.43 bits per heavy atom. The summed E-state index contributed by atoms with van der Waals surface area (Å²) in [6.07, 6.45) is 23.0. The van der Waals surface area contributed by atoms with E-state index in [4.69, 9.17) is 4.74 Å². The van der Waals surface area contributed by atoms with Gasteiger partial charge in [-0.05, 0) is 56.8 Å². The zero-order valence-corrected chi connectivity index (χ0v) is 19.2. The molecular formula is C26H47NO. The van der Waals surface area contributed by atoms with Crippen LogP contribution in [0.4, 0.5) is 0 Å². The first-order chi connectivity index (χ1) is 13.6. The Bertz CT molecular complexity index is 450. The quantitative estimate of drug-likeness (QED) is 0.315. The number of unbranched alkanes of at least 4 members (excludes halogenated alkanes) is 6. The van der Waals surface area contributed by atoms with Crippen molar-refractivity contribution in [1.29, 1.82) is 5.26 Å². The van der Waals surface area contributed by atoms with E-state index in [9.17, 15) is 5.26 Å². The molecule has 2 heteroatoms. The largest absolute Gasteiger partial charge is 0.378 e. The van der Waals surface area contributed by atoms with Crippen molar-refractivity contribution in [3.8, 4) is 6.07 Å². The van der Waals surface area contributed by atoms with Crippen LogP contribution in [-0.4, -0.2) is 12.7 Å². The third-order valence-electron chi connectivity index (χ3n) is 8.26. The van der Waals surface area contributed by atoms with E-state index in [1.807, 2.05) is 7.11 Å². The maximum atomic E-state index is 9.94. The first kappa shape index (κ1) is 23.7. The van der Waals surface area contributed by atoms with Gasteiger partial charge in [0.25, 0.3) is 0 Å². The van der Waals surface area contributed by atoms with Gasteiger partial charge in [-0.15, -0.1) is 0 Å². The molecule has 0 unspecified atom stereocenters. The van der Waals surface area contributed by atoms with Crippen molar-refractivity contribution in [3.63, 3.8) is 0 Å². The molecule has 0 radical (unpaired) electrons. The summed E-state index contributed by atoms with van der Waals surface area (Å²) in [5.74, 6) is 1.68. The van der Waals surface area contributed by atoms with Crippen LogP contribution < -0.4 is 0 Å². The van der Waals surface area contributed by atoms with Crippen LogP contribution in [-0.2, 0) is 4.74 Å². The highest BCUT2D eigenvalue weighted by Crippen LogP contribution is 2.51. The van der Waals surface area contributed by atoms with Gasteiger partial charge in [0.2, 0.25) is 0 Å². The maximum Gasteiger partial charge on any atom is 0.0707 e. The topological polar surface area (TPSA) is 33.0 Å². The lowest BCUT2D eigenvalue weighted by molar-refractivity contribution is -0.112. The number of methoxy groups -OCH3 is 1. The fourth-order valence-corrected chi connectivity index (χ4v) is 6.08. The van der Waals surface area contributed by atoms with Gasteiger partial charge >= 0.3 is 0 Å². The monoisotopic (exact) mass is 389 g/mol. The van der Waals surface area contributed by atoms with E-state index < -0.39 is 0 Å². The van der Waals surface area contributed by atoms with Crippen LogP contribution in [0, 0.1) is 28.6 Å². The van der Waals surface area contributed by atoms with Crippen LogP contribution in [0.2, 0.25) is 0 Å². The van der Waals surface area contributed by atoms with Crippen LogP contribution in [0.5, 0.6) is 0 Å². The van der Waals surface area contributed by atoms with E-state index in [0.717, 1.165) is 43.9 Å². The minimum absolute atomic E-state index is 0.0639. The molecule has 2 aliphatic rings. The molecule has 0 aromatic rings. The molecule has 0 aliphatic heterocycles. The molecule has 0 spiro atoms. The zero-order valence-electron chi connectivity index (χ0n) is 19.2. The van der Waals surface area contributed by atoms with Crippen LogP contribution in [0.1, 0.15) is 129 Å². The van der Waals surface area contributed by atoms with Crippen LogP contribution in [0.25, 0.3) is 0 Å². The summed E-state index contributed by atoms with van der Waals surface area (Å²) < 4.78 is 6.24. The molecule has 2 saturated carbocycles. The van der Waals surface area contributed by atoms with E-state index in [2.05, 4.69) is 19.9 Å². The van der Waals surface area contributed by atoms with Crippen molar-refractivity contribution in [1.82, 2.24) is 0 Å². The summed E-state index contributed by atoms with van der Waals surface area (Å²) >= 11 is 0. The lowest BCUT2D eigenvalue weighted by atomic mass is 9.61. The molecule has 2 rings (SSSR count). The Morgan fingerprint density at radius 3 is 2.00 bits per heavy atom. The Morgan fingerprint density at radius 1 is 0.821 bits per heavy atom. The summed E-state index contributed by atoms with van der Waals surface area (Å²) in [6, 6.07) is 2.75. The van der Waals surface area contributed by atoms with Gasteiger partial charge < -0.3 is 4.74 Å². The molecule has 162 valence electrons. The minimum Gasteiger partial charge on any atom is -0.378 e. The highest BCUT2D eigenvalue weighted by Gasteiger charge is 2.47. The van der Waals surface area contributed by atoms with Crippen LogP contribution in [0.15, 0.2) is 0 Å². The van der Waals surface area contributed by atoms with Gasteiger partial charge in [0.05, 0.1) is 17.1 Å². The molecule has 2 nitrogen and oxygen atoms in total. The molecule has 0 N–H and O–H groups in total. The Kier molecular flexibility index (Phi) is 10.4. The zero-order chi connectivity index (χ0) is 20.3. The van der Waals surface area contributed by atoms with Gasteiger partial charge in [-0.2, -0.15) is 5.26 Å². The summed E-state index contributed by atoms with van der Waals surface area (Å²) in [7, 11) is 1.94. The number of hydrogen-bond acceptors (Lipinski definition) is 2. The third kappa shape index (κ3) is 6.48. The van der Waals surface area contributed by atoms with E-state index in [1.54, 1.807) is 0 Å². The van der Waals surface area contributed by atoms with Crippen molar-refractivity contribution in [2.24, 2.45) is 17.3 Å². The van der Waals surface area contributed by atoms with E-state index in [0.29, 0.717) is 0 Å². The third-order valence-corrected chi connectivity index (χ3v) is 8.26. The highest BCUT2D eigenvalue weighted by atomic mass is 16.5. The minimum atomic E-state index is -0.0639. The Balaban J connectivity index is 1.81. The second kappa shape index (κ2) is 12.2. The van der Waals surface area contributed by atoms with E-state index in [-0.39, 0.29) is 11.0 Å². The molecule has 28 heavy (non-hydrogen) atoms. The molecular weight excluding hydrogens is 342 g/mol. The number of nitriles is 1. The average molecular weight is 390 g/mol. The van der Waals surface area contributed by atoms with Gasteiger partial charge in [-0.3, -0.25) is 0 Å². The molecule has 0 bridgehead atoms. The number of nitrogens with zero attached hydrogens (tertiary/aromatic N) is 1. The van der Waals surface area contributed by atoms with Gasteiger partial charge in [0.1, 0.15) is 0 Å². The van der Waals surface area contributed by atoms with Crippen LogP contribution in [0.3, 0.4) is 0 Å². The fraction of sp³-hybridized carbons (Fsp3) is 0.962. The normalized spacial score (nSPS) is 33.5. The molecule has 0 amide bonds. The first-order valence-corrected chi connectivity index (χ1v) is 12.6. The standard InChI is InChI=1S/C26H47NO/c1-4-6-8-9-11-17-25(22-27)18-20-26(28-3,21-19-25)24-15-13-23(14-16-24)12-10-7-5-2/h23-24H,4-21H2,1-3H3. The van der Waals surface area contributed by atoms with Gasteiger partial charge in [0, 0.05) is 7.11 Å². The highest BCUT2D eigenvalue weighted by molar-refractivity contribution is 5.06. The molecule has 0 aromatic carbocycles. The summed E-state index contributed by atoms with van der Waals surface area (Å²) in [5, 5.41) is 9.94. The molecule has 2 fully saturated rings. The van der Waals surface area contributed by atoms with Crippen molar-refractivity contribution in [2.75, 3.05) is 7.11 Å². The lowest BCUT2D eigenvalue weighted by Gasteiger charge is -2.49. The van der Waals surface area contributed by atoms with Gasteiger partial charge in [-0.25, -0.2) is 0 Å². The van der Waals surface area contributed by atoms with Crippen molar-refractivity contribution >= 4 is 0 Å². The predicted molar refractivity (Wildman–Crippen MR) is 119 cm³/mol. The fourth-order valence-electron chi connectivity index (χ4n) is 6.08. The van der Waals surface area contributed by atoms with Crippen molar-refractivity contribution < 1.29 is 4.74 Å². The SMILES string of the molecule is CCCCCCCC1(C#N)CCC(OC)(C2CCC(CCCCC)CC2)CC1. The number of hydrogen-bond donors (Lipinski definition) is 0. The number of rotatable bonds is 12. The molecule has 0 saturated heterocycles. The van der Waals surface area contributed by atoms with E-state index in [1.165, 1.54) is 83.5 Å². The van der Waals surface area contributed by atoms with Crippen molar-refractivity contribution in [3.05, 3.63) is 0 Å². The van der Waals surface area contributed by atoms with E-state index >= 15 is 0 Å². The summed E-state index contributed by atoms with van der Waals surface area (Å²) in [6.45, 7) is 4.57. The lowest BCUT2D eigenvalue weighted by Crippen LogP contribution is -2.47. The molecule has 2 aliphatic carbocycles. The average Bonchev–Trinajstić information content (AvgIpc) is 2.75. The molecule has 0 atom stereocenters. The molecule has 0 heterocycles. The summed E-state index contributed by atoms with van der Waals surface area (Å²) in [5.41, 5.74) is 0.00253. The van der Waals surface area contributed by atoms with Crippen LogP contribution >= 0.6 is 0 Å². The van der Waals surface area contributed by atoms with Gasteiger partial charge in [-0.1, -0.05) is 84.5 Å². The predicted octanol–water partition coefficient (Wildman–Crippen LogP) is 8.20. The Labute approximate surface area is 175 Å². The smallest absolute Gasteiger partial charge is 0.0707 e. The molecule has 0 aromatic heterocycles. The van der Waals surface area contributed by atoms with Gasteiger partial charge in [0.15, 0.2) is 0 Å². The van der Waals surface area contributed by atoms with Crippen molar-refractivity contribution in [2.45, 2.75) is 135 Å². The Hall–Kier alpha value is -0.550. The first-order valence-electron chi connectivity index (χ1n) is 12.6. The number of ether oxygens (including phenoxy) is 1. The second-order valence-corrected chi connectivity index (χ2v) is 10.0.